The molecule has 1 N–H and O–H groups in total. The van der Waals surface area contributed by atoms with E-state index >= 15 is 0 Å². The van der Waals surface area contributed by atoms with Gasteiger partial charge in [-0.1, -0.05) is 20.3 Å². The fourth-order valence-corrected chi connectivity index (χ4v) is 1.04. The van der Waals surface area contributed by atoms with Crippen LogP contribution in [0.15, 0.2) is 0 Å². The quantitative estimate of drug-likeness (QED) is 0.619. The molecule has 2 atom stereocenters. The highest BCUT2D eigenvalue weighted by atomic mass is 16.1. The molecule has 1 unspecified atom stereocenters. The van der Waals surface area contributed by atoms with E-state index in [1.807, 2.05) is 6.92 Å². The molecule has 0 amide bonds. The van der Waals surface area contributed by atoms with Crippen LogP contribution in [0.1, 0.15) is 40.5 Å². The van der Waals surface area contributed by atoms with Gasteiger partial charge in [-0.2, -0.15) is 0 Å². The average Bonchev–Trinajstić information content (AvgIpc) is 2.03. The summed E-state index contributed by atoms with van der Waals surface area (Å²) in [5.41, 5.74) is 0. The van der Waals surface area contributed by atoms with Crippen molar-refractivity contribution in [1.82, 2.24) is 5.32 Å². The lowest BCUT2D eigenvalue weighted by Crippen LogP contribution is -2.35. The van der Waals surface area contributed by atoms with Gasteiger partial charge in [0.2, 0.25) is 0 Å². The Morgan fingerprint density at radius 2 is 2.00 bits per heavy atom. The van der Waals surface area contributed by atoms with Gasteiger partial charge in [-0.25, -0.2) is 0 Å². The standard InChI is InChI=1S/C10H21NO/c1-5-6-7-11-9(3)8(2)10(4)12/h8-9,11H,5-7H2,1-4H3/t8?,9-/m1/s1. The van der Waals surface area contributed by atoms with Crippen LogP contribution < -0.4 is 5.32 Å². The monoisotopic (exact) mass is 171 g/mol. The van der Waals surface area contributed by atoms with E-state index in [1.165, 1.54) is 12.8 Å². The molecule has 0 aromatic heterocycles. The fourth-order valence-electron chi connectivity index (χ4n) is 1.04. The van der Waals surface area contributed by atoms with Gasteiger partial charge in [-0.05, 0) is 26.8 Å². The van der Waals surface area contributed by atoms with Crippen molar-refractivity contribution in [3.05, 3.63) is 0 Å². The van der Waals surface area contributed by atoms with E-state index in [-0.39, 0.29) is 11.7 Å². The van der Waals surface area contributed by atoms with E-state index < -0.39 is 0 Å². The fraction of sp³-hybridized carbons (Fsp3) is 0.900. The van der Waals surface area contributed by atoms with Crippen LogP contribution in [-0.4, -0.2) is 18.4 Å². The number of carbonyl (C=O) groups is 1. The Balaban J connectivity index is 3.56. The van der Waals surface area contributed by atoms with E-state index in [9.17, 15) is 4.79 Å². The van der Waals surface area contributed by atoms with Crippen molar-refractivity contribution >= 4 is 5.78 Å². The van der Waals surface area contributed by atoms with Gasteiger partial charge in [0.1, 0.15) is 5.78 Å². The van der Waals surface area contributed by atoms with E-state index in [0.29, 0.717) is 6.04 Å². The summed E-state index contributed by atoms with van der Waals surface area (Å²) in [6.45, 7) is 8.90. The Kier molecular flexibility index (Phi) is 5.99. The zero-order valence-electron chi connectivity index (χ0n) is 8.68. The van der Waals surface area contributed by atoms with Crippen molar-refractivity contribution in [1.29, 1.82) is 0 Å². The molecule has 12 heavy (non-hydrogen) atoms. The molecule has 0 rings (SSSR count). The molecule has 0 aromatic rings. The average molecular weight is 171 g/mol. The van der Waals surface area contributed by atoms with Gasteiger partial charge < -0.3 is 5.32 Å². The van der Waals surface area contributed by atoms with Gasteiger partial charge in [0, 0.05) is 12.0 Å². The molecule has 0 heterocycles. The molecule has 0 saturated carbocycles. The highest BCUT2D eigenvalue weighted by molar-refractivity contribution is 5.78. The van der Waals surface area contributed by atoms with E-state index in [2.05, 4.69) is 19.2 Å². The molecule has 0 saturated heterocycles. The number of ketones is 1. The van der Waals surface area contributed by atoms with Crippen LogP contribution in [0.3, 0.4) is 0 Å². The Morgan fingerprint density at radius 1 is 1.42 bits per heavy atom. The first-order chi connectivity index (χ1) is 5.59. The Morgan fingerprint density at radius 3 is 2.42 bits per heavy atom. The summed E-state index contributed by atoms with van der Waals surface area (Å²) in [6, 6.07) is 0.314. The predicted molar refractivity (Wildman–Crippen MR) is 52.2 cm³/mol. The van der Waals surface area contributed by atoms with Gasteiger partial charge >= 0.3 is 0 Å². The number of rotatable bonds is 6. The molecule has 2 heteroatoms. The molecular formula is C10H21NO. The Bertz CT molecular complexity index is 134. The molecule has 0 radical (unpaired) electrons. The minimum Gasteiger partial charge on any atom is -0.314 e. The smallest absolute Gasteiger partial charge is 0.134 e. The molecule has 0 spiro atoms. The minimum absolute atomic E-state index is 0.141. The second-order valence-corrected chi connectivity index (χ2v) is 3.50. The summed E-state index contributed by atoms with van der Waals surface area (Å²) in [6.07, 6.45) is 2.39. The van der Waals surface area contributed by atoms with Gasteiger partial charge in [0.15, 0.2) is 0 Å². The van der Waals surface area contributed by atoms with E-state index in [0.717, 1.165) is 6.54 Å². The highest BCUT2D eigenvalue weighted by Gasteiger charge is 2.14. The third-order valence-electron chi connectivity index (χ3n) is 2.39. The zero-order chi connectivity index (χ0) is 9.56. The van der Waals surface area contributed by atoms with Crippen LogP contribution in [0.25, 0.3) is 0 Å². The second kappa shape index (κ2) is 6.18. The summed E-state index contributed by atoms with van der Waals surface area (Å²) in [7, 11) is 0. The van der Waals surface area contributed by atoms with Crippen molar-refractivity contribution in [3.8, 4) is 0 Å². The maximum atomic E-state index is 11.0. The van der Waals surface area contributed by atoms with Crippen LogP contribution in [0.4, 0.5) is 0 Å². The Labute approximate surface area is 75.7 Å². The summed E-state index contributed by atoms with van der Waals surface area (Å²) >= 11 is 0. The summed E-state index contributed by atoms with van der Waals surface area (Å²) in [5, 5.41) is 3.34. The van der Waals surface area contributed by atoms with Crippen LogP contribution >= 0.6 is 0 Å². The highest BCUT2D eigenvalue weighted by Crippen LogP contribution is 2.03. The maximum absolute atomic E-state index is 11.0. The number of unbranched alkanes of at least 4 members (excludes halogenated alkanes) is 1. The van der Waals surface area contributed by atoms with Crippen molar-refractivity contribution in [3.63, 3.8) is 0 Å². The summed E-state index contributed by atoms with van der Waals surface area (Å²) < 4.78 is 0. The minimum atomic E-state index is 0.141. The molecule has 0 aliphatic rings. The lowest BCUT2D eigenvalue weighted by atomic mass is 10.00. The van der Waals surface area contributed by atoms with Gasteiger partial charge in [-0.3, -0.25) is 4.79 Å². The normalized spacial score (nSPS) is 15.7. The van der Waals surface area contributed by atoms with Crippen LogP contribution in [0, 0.1) is 5.92 Å². The van der Waals surface area contributed by atoms with Crippen molar-refractivity contribution < 1.29 is 4.79 Å². The van der Waals surface area contributed by atoms with Gasteiger partial charge in [-0.15, -0.1) is 0 Å². The number of hydrogen-bond acceptors (Lipinski definition) is 2. The number of carbonyl (C=O) groups excluding carboxylic acids is 1. The third-order valence-corrected chi connectivity index (χ3v) is 2.39. The lowest BCUT2D eigenvalue weighted by Gasteiger charge is -2.18. The number of nitrogens with one attached hydrogen (secondary N) is 1. The molecule has 0 aromatic carbocycles. The third kappa shape index (κ3) is 4.50. The van der Waals surface area contributed by atoms with Crippen molar-refractivity contribution in [2.24, 2.45) is 5.92 Å². The van der Waals surface area contributed by atoms with Crippen molar-refractivity contribution in [2.75, 3.05) is 6.54 Å². The topological polar surface area (TPSA) is 29.1 Å². The van der Waals surface area contributed by atoms with Gasteiger partial charge in [0.25, 0.3) is 0 Å². The summed E-state index contributed by atoms with van der Waals surface area (Å²) in [5.74, 6) is 0.411. The van der Waals surface area contributed by atoms with Gasteiger partial charge in [0.05, 0.1) is 0 Å². The van der Waals surface area contributed by atoms with Crippen molar-refractivity contribution in [2.45, 2.75) is 46.6 Å². The second-order valence-electron chi connectivity index (χ2n) is 3.50. The number of hydrogen-bond donors (Lipinski definition) is 1. The lowest BCUT2D eigenvalue weighted by molar-refractivity contribution is -0.120. The van der Waals surface area contributed by atoms with Crippen LogP contribution in [0.5, 0.6) is 0 Å². The largest absolute Gasteiger partial charge is 0.314 e. The Hall–Kier alpha value is -0.370. The van der Waals surface area contributed by atoms with Crippen LogP contribution in [-0.2, 0) is 4.79 Å². The zero-order valence-corrected chi connectivity index (χ0v) is 8.68. The molecule has 2 nitrogen and oxygen atoms in total. The number of Topliss-reactive ketones (excluding diaryl/α,β-unsaturated/α-hetero) is 1. The summed E-state index contributed by atoms with van der Waals surface area (Å²) in [4.78, 5) is 11.0. The molecule has 0 aliphatic carbocycles. The van der Waals surface area contributed by atoms with E-state index in [1.54, 1.807) is 6.92 Å². The van der Waals surface area contributed by atoms with Crippen LogP contribution in [0.2, 0.25) is 0 Å². The first kappa shape index (κ1) is 11.6. The predicted octanol–water partition coefficient (Wildman–Crippen LogP) is 1.99. The molecule has 0 fully saturated rings. The maximum Gasteiger partial charge on any atom is 0.134 e. The molecular weight excluding hydrogens is 150 g/mol. The molecule has 72 valence electrons. The first-order valence-corrected chi connectivity index (χ1v) is 4.83. The van der Waals surface area contributed by atoms with E-state index in [4.69, 9.17) is 0 Å². The molecule has 0 bridgehead atoms. The molecule has 0 aliphatic heterocycles. The first-order valence-electron chi connectivity index (χ1n) is 4.83. The SMILES string of the molecule is CCCCN[C@H](C)C(C)C(C)=O.